The van der Waals surface area contributed by atoms with E-state index < -0.39 is 0 Å². The molecule has 1 aliphatic rings. The van der Waals surface area contributed by atoms with Crippen LogP contribution in [0, 0.1) is 5.92 Å². The van der Waals surface area contributed by atoms with Gasteiger partial charge in [0.15, 0.2) is 0 Å². The summed E-state index contributed by atoms with van der Waals surface area (Å²) in [4.78, 5) is 9.98. The first kappa shape index (κ1) is 16.9. The highest BCUT2D eigenvalue weighted by atomic mass is 16.5. The first-order valence-electron chi connectivity index (χ1n) is 8.59. The Bertz CT molecular complexity index is 586. The van der Waals surface area contributed by atoms with Crippen molar-refractivity contribution in [3.05, 3.63) is 36.0 Å². The number of hydrogen-bond acceptors (Lipinski definition) is 6. The quantitative estimate of drug-likeness (QED) is 0.718. The highest BCUT2D eigenvalue weighted by molar-refractivity contribution is 5.32. The summed E-state index contributed by atoms with van der Waals surface area (Å²) in [6, 6.07) is 4.08. The molecule has 0 saturated carbocycles. The number of methoxy groups -OCH3 is 1. The Hall–Kier alpha value is -1.99. The Morgan fingerprint density at radius 3 is 3.08 bits per heavy atom. The molecule has 7 heteroatoms. The van der Waals surface area contributed by atoms with E-state index in [1.807, 2.05) is 18.5 Å². The highest BCUT2D eigenvalue weighted by Crippen LogP contribution is 2.21. The number of H-pyrrole nitrogens is 1. The summed E-state index contributed by atoms with van der Waals surface area (Å²) >= 11 is 0. The van der Waals surface area contributed by atoms with Crippen LogP contribution < -0.4 is 5.32 Å². The fourth-order valence-corrected chi connectivity index (χ4v) is 3.20. The molecule has 3 rings (SSSR count). The highest BCUT2D eigenvalue weighted by Gasteiger charge is 2.21. The van der Waals surface area contributed by atoms with E-state index in [1.165, 1.54) is 12.8 Å². The zero-order chi connectivity index (χ0) is 16.6. The SMILES string of the molecule is COCCNc1ccc(C[C@H]2CCCN(Cc3ncc[nH]3)C2)nn1. The molecule has 2 aromatic rings. The molecule has 0 aromatic carbocycles. The second-order valence-electron chi connectivity index (χ2n) is 6.31. The van der Waals surface area contributed by atoms with Crippen molar-refractivity contribution < 1.29 is 4.74 Å². The molecule has 0 aliphatic carbocycles. The minimum Gasteiger partial charge on any atom is -0.383 e. The first-order chi connectivity index (χ1) is 11.8. The average molecular weight is 330 g/mol. The summed E-state index contributed by atoms with van der Waals surface area (Å²) in [5.41, 5.74) is 1.07. The number of aromatic amines is 1. The van der Waals surface area contributed by atoms with Gasteiger partial charge in [-0.25, -0.2) is 4.98 Å². The van der Waals surface area contributed by atoms with Crippen LogP contribution in [0.5, 0.6) is 0 Å². The van der Waals surface area contributed by atoms with Gasteiger partial charge in [0, 0.05) is 32.6 Å². The third-order valence-electron chi connectivity index (χ3n) is 4.36. The zero-order valence-electron chi connectivity index (χ0n) is 14.2. The number of nitrogens with one attached hydrogen (secondary N) is 2. The number of aromatic nitrogens is 4. The molecule has 7 nitrogen and oxygen atoms in total. The van der Waals surface area contributed by atoms with E-state index in [1.54, 1.807) is 7.11 Å². The average Bonchev–Trinajstić information content (AvgIpc) is 3.10. The topological polar surface area (TPSA) is 79.0 Å². The lowest BCUT2D eigenvalue weighted by Crippen LogP contribution is -2.36. The van der Waals surface area contributed by atoms with Crippen molar-refractivity contribution in [3.8, 4) is 0 Å². The monoisotopic (exact) mass is 330 g/mol. The molecular formula is C17H26N6O. The Morgan fingerprint density at radius 2 is 2.33 bits per heavy atom. The molecule has 1 aliphatic heterocycles. The molecule has 24 heavy (non-hydrogen) atoms. The van der Waals surface area contributed by atoms with Gasteiger partial charge in [0.1, 0.15) is 11.6 Å². The minimum atomic E-state index is 0.635. The molecule has 0 bridgehead atoms. The zero-order valence-corrected chi connectivity index (χ0v) is 14.2. The summed E-state index contributed by atoms with van der Waals surface area (Å²) in [6.45, 7) is 4.55. The molecule has 1 fully saturated rings. The molecule has 0 amide bonds. The van der Waals surface area contributed by atoms with E-state index in [4.69, 9.17) is 4.74 Å². The van der Waals surface area contributed by atoms with Crippen molar-refractivity contribution in [1.82, 2.24) is 25.1 Å². The van der Waals surface area contributed by atoms with Gasteiger partial charge in [0.2, 0.25) is 0 Å². The molecule has 0 unspecified atom stereocenters. The van der Waals surface area contributed by atoms with E-state index in [-0.39, 0.29) is 0 Å². The van der Waals surface area contributed by atoms with Gasteiger partial charge in [-0.05, 0) is 43.9 Å². The molecule has 1 atom stereocenters. The molecule has 2 aromatic heterocycles. The molecule has 130 valence electrons. The number of piperidine rings is 1. The number of hydrogen-bond donors (Lipinski definition) is 2. The standard InChI is InChI=1S/C17H26N6O/c1-24-10-8-20-16-5-4-15(21-22-16)11-14-3-2-9-23(12-14)13-17-18-6-7-19-17/h4-7,14H,2-3,8-13H2,1H3,(H,18,19)(H,20,22)/t14-/m1/s1. The molecule has 1 saturated heterocycles. The van der Waals surface area contributed by atoms with Crippen LogP contribution in [0.4, 0.5) is 5.82 Å². The van der Waals surface area contributed by atoms with Crippen molar-refractivity contribution in [2.75, 3.05) is 38.7 Å². The van der Waals surface area contributed by atoms with Crippen LogP contribution in [-0.4, -0.2) is 58.4 Å². The number of rotatable bonds is 8. The van der Waals surface area contributed by atoms with Gasteiger partial charge in [0.05, 0.1) is 18.8 Å². The number of imidazole rings is 1. The summed E-state index contributed by atoms with van der Waals surface area (Å²) in [6.07, 6.45) is 7.17. The summed E-state index contributed by atoms with van der Waals surface area (Å²) in [5.74, 6) is 2.48. The molecule has 0 radical (unpaired) electrons. The maximum Gasteiger partial charge on any atom is 0.148 e. The number of anilines is 1. The normalized spacial score (nSPS) is 18.6. The summed E-state index contributed by atoms with van der Waals surface area (Å²) < 4.78 is 5.01. The van der Waals surface area contributed by atoms with Gasteiger partial charge in [0.25, 0.3) is 0 Å². The summed E-state index contributed by atoms with van der Waals surface area (Å²) in [7, 11) is 1.69. The Balaban J connectivity index is 1.48. The maximum atomic E-state index is 5.01. The lowest BCUT2D eigenvalue weighted by molar-refractivity contribution is 0.163. The van der Waals surface area contributed by atoms with E-state index in [0.717, 1.165) is 49.9 Å². The Labute approximate surface area is 142 Å². The van der Waals surface area contributed by atoms with Crippen molar-refractivity contribution in [1.29, 1.82) is 0 Å². The fourth-order valence-electron chi connectivity index (χ4n) is 3.20. The minimum absolute atomic E-state index is 0.635. The van der Waals surface area contributed by atoms with Crippen molar-refractivity contribution in [2.24, 2.45) is 5.92 Å². The van der Waals surface area contributed by atoms with Crippen LogP contribution in [0.25, 0.3) is 0 Å². The van der Waals surface area contributed by atoms with Crippen LogP contribution in [0.2, 0.25) is 0 Å². The molecular weight excluding hydrogens is 304 g/mol. The number of likely N-dealkylation sites (tertiary alicyclic amines) is 1. The van der Waals surface area contributed by atoms with Gasteiger partial charge in [-0.15, -0.1) is 5.10 Å². The number of ether oxygens (including phenoxy) is 1. The van der Waals surface area contributed by atoms with Gasteiger partial charge in [-0.2, -0.15) is 5.10 Å². The first-order valence-corrected chi connectivity index (χ1v) is 8.59. The molecule has 3 heterocycles. The maximum absolute atomic E-state index is 5.01. The van der Waals surface area contributed by atoms with Gasteiger partial charge in [-0.3, -0.25) is 4.90 Å². The predicted molar refractivity (Wildman–Crippen MR) is 92.7 cm³/mol. The lowest BCUT2D eigenvalue weighted by Gasteiger charge is -2.31. The third-order valence-corrected chi connectivity index (χ3v) is 4.36. The van der Waals surface area contributed by atoms with Gasteiger partial charge in [-0.1, -0.05) is 0 Å². The fraction of sp³-hybridized carbons (Fsp3) is 0.588. The van der Waals surface area contributed by atoms with Crippen LogP contribution in [0.3, 0.4) is 0 Å². The van der Waals surface area contributed by atoms with Crippen LogP contribution >= 0.6 is 0 Å². The summed E-state index contributed by atoms with van der Waals surface area (Å²) in [5, 5.41) is 11.8. The Morgan fingerprint density at radius 1 is 1.38 bits per heavy atom. The van der Waals surface area contributed by atoms with Crippen molar-refractivity contribution >= 4 is 5.82 Å². The van der Waals surface area contributed by atoms with E-state index >= 15 is 0 Å². The van der Waals surface area contributed by atoms with E-state index in [0.29, 0.717) is 12.5 Å². The molecule has 0 spiro atoms. The van der Waals surface area contributed by atoms with E-state index in [2.05, 4.69) is 36.4 Å². The van der Waals surface area contributed by atoms with Crippen LogP contribution in [0.15, 0.2) is 24.5 Å². The van der Waals surface area contributed by atoms with E-state index in [9.17, 15) is 0 Å². The predicted octanol–water partition coefficient (Wildman–Crippen LogP) is 1.71. The van der Waals surface area contributed by atoms with Crippen molar-refractivity contribution in [3.63, 3.8) is 0 Å². The second-order valence-corrected chi connectivity index (χ2v) is 6.31. The van der Waals surface area contributed by atoms with Gasteiger partial charge >= 0.3 is 0 Å². The largest absolute Gasteiger partial charge is 0.383 e. The molecule has 2 N–H and O–H groups in total. The number of nitrogens with zero attached hydrogens (tertiary/aromatic N) is 4. The van der Waals surface area contributed by atoms with Gasteiger partial charge < -0.3 is 15.0 Å². The van der Waals surface area contributed by atoms with Crippen LogP contribution in [-0.2, 0) is 17.7 Å². The second kappa shape index (κ2) is 8.75. The smallest absolute Gasteiger partial charge is 0.148 e. The lowest BCUT2D eigenvalue weighted by atomic mass is 9.93. The van der Waals surface area contributed by atoms with Crippen molar-refractivity contribution in [2.45, 2.75) is 25.8 Å². The Kier molecular flexibility index (Phi) is 6.14. The van der Waals surface area contributed by atoms with Crippen LogP contribution in [0.1, 0.15) is 24.4 Å². The third kappa shape index (κ3) is 5.01.